The van der Waals surface area contributed by atoms with Crippen LogP contribution in [0.2, 0.25) is 5.02 Å². The molecule has 2 nitrogen and oxygen atoms in total. The number of hydrogen-bond donors (Lipinski definition) is 1. The van der Waals surface area contributed by atoms with Crippen LogP contribution < -0.4 is 5.73 Å². The van der Waals surface area contributed by atoms with E-state index in [1.165, 1.54) is 0 Å². The molecule has 0 aliphatic heterocycles. The van der Waals surface area contributed by atoms with E-state index in [1.807, 2.05) is 25.1 Å². The fourth-order valence-electron chi connectivity index (χ4n) is 1.42. The second-order valence-electron chi connectivity index (χ2n) is 3.45. The largest absolute Gasteiger partial charge is 0.382 e. The quantitative estimate of drug-likeness (QED) is 0.923. The monoisotopic (exact) mass is 277 g/mol. The molecule has 0 aliphatic rings. The topological polar surface area (TPSA) is 35.2 Å². The van der Waals surface area contributed by atoms with Gasteiger partial charge in [0.25, 0.3) is 0 Å². The van der Waals surface area contributed by atoms with Crippen LogP contribution in [0.1, 0.15) is 12.5 Å². The Morgan fingerprint density at radius 2 is 2.21 bits per heavy atom. The Morgan fingerprint density at radius 3 is 2.71 bits per heavy atom. The van der Waals surface area contributed by atoms with Crippen molar-refractivity contribution in [2.45, 2.75) is 12.5 Å². The number of ether oxygens (including phenoxy) is 1. The van der Waals surface area contributed by atoms with E-state index >= 15 is 0 Å². The molecule has 1 unspecified atom stereocenters. The zero-order valence-electron chi connectivity index (χ0n) is 8.18. The van der Waals surface area contributed by atoms with Gasteiger partial charge in [0.2, 0.25) is 0 Å². The average molecular weight is 279 g/mol. The van der Waals surface area contributed by atoms with Crippen LogP contribution in [0.3, 0.4) is 0 Å². The summed E-state index contributed by atoms with van der Waals surface area (Å²) < 4.78 is 5.98. The summed E-state index contributed by atoms with van der Waals surface area (Å²) in [5.41, 5.74) is 6.41. The van der Waals surface area contributed by atoms with Gasteiger partial charge in [-0.25, -0.2) is 0 Å². The van der Waals surface area contributed by atoms with Gasteiger partial charge in [-0.05, 0) is 19.1 Å². The molecule has 0 saturated heterocycles. The molecule has 0 aromatic heterocycles. The summed E-state index contributed by atoms with van der Waals surface area (Å²) in [5, 5.41) is 0.654. The molecular weight excluding hydrogens is 265 g/mol. The molecule has 78 valence electrons. The standard InChI is InChI=1S/C10H13BrClNO/c1-10(13,6-14-2)9-7(11)4-3-5-8(9)12/h3-5H,6,13H2,1-2H3. The molecule has 1 atom stereocenters. The van der Waals surface area contributed by atoms with Crippen molar-refractivity contribution in [3.8, 4) is 0 Å². The van der Waals surface area contributed by atoms with Crippen LogP contribution in [-0.4, -0.2) is 13.7 Å². The minimum absolute atomic E-state index is 0.426. The van der Waals surface area contributed by atoms with Crippen LogP contribution in [-0.2, 0) is 10.3 Å². The molecule has 4 heteroatoms. The van der Waals surface area contributed by atoms with Gasteiger partial charge in [-0.3, -0.25) is 0 Å². The highest BCUT2D eigenvalue weighted by Crippen LogP contribution is 2.32. The molecular formula is C10H13BrClNO. The minimum Gasteiger partial charge on any atom is -0.382 e. The van der Waals surface area contributed by atoms with E-state index in [-0.39, 0.29) is 0 Å². The van der Waals surface area contributed by atoms with Gasteiger partial charge in [-0.2, -0.15) is 0 Å². The molecule has 0 spiro atoms. The summed E-state index contributed by atoms with van der Waals surface area (Å²) in [5.74, 6) is 0. The summed E-state index contributed by atoms with van der Waals surface area (Å²) >= 11 is 9.52. The van der Waals surface area contributed by atoms with E-state index in [9.17, 15) is 0 Å². The van der Waals surface area contributed by atoms with Crippen LogP contribution >= 0.6 is 27.5 Å². The SMILES string of the molecule is COCC(C)(N)c1c(Cl)cccc1Br. The lowest BCUT2D eigenvalue weighted by molar-refractivity contribution is 0.140. The van der Waals surface area contributed by atoms with Crippen LogP contribution in [0.4, 0.5) is 0 Å². The number of halogens is 2. The van der Waals surface area contributed by atoms with Gasteiger partial charge in [0, 0.05) is 22.2 Å². The van der Waals surface area contributed by atoms with E-state index in [0.29, 0.717) is 11.6 Å². The fourth-order valence-corrected chi connectivity index (χ4v) is 2.74. The summed E-state index contributed by atoms with van der Waals surface area (Å²) in [7, 11) is 1.62. The van der Waals surface area contributed by atoms with Gasteiger partial charge in [0.05, 0.1) is 12.1 Å². The molecule has 0 bridgehead atoms. The number of methoxy groups -OCH3 is 1. The van der Waals surface area contributed by atoms with Crippen molar-refractivity contribution in [3.63, 3.8) is 0 Å². The summed E-state index contributed by atoms with van der Waals surface area (Å²) in [4.78, 5) is 0. The average Bonchev–Trinajstić information content (AvgIpc) is 2.02. The molecule has 0 heterocycles. The maximum atomic E-state index is 6.11. The second-order valence-corrected chi connectivity index (χ2v) is 4.71. The van der Waals surface area contributed by atoms with Crippen molar-refractivity contribution in [1.29, 1.82) is 0 Å². The maximum Gasteiger partial charge on any atom is 0.0682 e. The van der Waals surface area contributed by atoms with Gasteiger partial charge in [0.1, 0.15) is 0 Å². The first-order valence-electron chi connectivity index (χ1n) is 4.21. The minimum atomic E-state index is -0.577. The van der Waals surface area contributed by atoms with Gasteiger partial charge in [0.15, 0.2) is 0 Å². The van der Waals surface area contributed by atoms with Crippen LogP contribution in [0, 0.1) is 0 Å². The summed E-state index contributed by atoms with van der Waals surface area (Å²) in [6, 6.07) is 5.61. The molecule has 0 fully saturated rings. The van der Waals surface area contributed by atoms with Crippen molar-refractivity contribution in [1.82, 2.24) is 0 Å². The molecule has 0 saturated carbocycles. The zero-order chi connectivity index (χ0) is 10.8. The first-order chi connectivity index (χ1) is 6.49. The molecule has 0 amide bonds. The molecule has 1 aromatic rings. The molecule has 1 rings (SSSR count). The van der Waals surface area contributed by atoms with Gasteiger partial charge in [-0.1, -0.05) is 33.6 Å². The van der Waals surface area contributed by atoms with Crippen molar-refractivity contribution >= 4 is 27.5 Å². The number of rotatable bonds is 3. The highest BCUT2D eigenvalue weighted by atomic mass is 79.9. The van der Waals surface area contributed by atoms with E-state index in [0.717, 1.165) is 10.0 Å². The first-order valence-corrected chi connectivity index (χ1v) is 5.38. The smallest absolute Gasteiger partial charge is 0.0682 e. The Bertz CT molecular complexity index is 308. The van der Waals surface area contributed by atoms with Crippen LogP contribution in [0.15, 0.2) is 22.7 Å². The van der Waals surface area contributed by atoms with Gasteiger partial charge in [-0.15, -0.1) is 0 Å². The van der Waals surface area contributed by atoms with Crippen molar-refractivity contribution in [2.24, 2.45) is 5.73 Å². The zero-order valence-corrected chi connectivity index (χ0v) is 10.5. The lowest BCUT2D eigenvalue weighted by Gasteiger charge is -2.26. The lowest BCUT2D eigenvalue weighted by Crippen LogP contribution is -2.38. The van der Waals surface area contributed by atoms with E-state index < -0.39 is 5.54 Å². The lowest BCUT2D eigenvalue weighted by atomic mass is 9.94. The van der Waals surface area contributed by atoms with E-state index in [4.69, 9.17) is 22.1 Å². The van der Waals surface area contributed by atoms with Crippen molar-refractivity contribution < 1.29 is 4.74 Å². The van der Waals surface area contributed by atoms with Gasteiger partial charge < -0.3 is 10.5 Å². The third kappa shape index (κ3) is 2.48. The van der Waals surface area contributed by atoms with E-state index in [2.05, 4.69) is 15.9 Å². The van der Waals surface area contributed by atoms with Crippen molar-refractivity contribution in [2.75, 3.05) is 13.7 Å². The van der Waals surface area contributed by atoms with Crippen LogP contribution in [0.5, 0.6) is 0 Å². The Hall–Kier alpha value is -0.0900. The number of nitrogens with two attached hydrogens (primary N) is 1. The summed E-state index contributed by atoms with van der Waals surface area (Å²) in [6.07, 6.45) is 0. The van der Waals surface area contributed by atoms with E-state index in [1.54, 1.807) is 7.11 Å². The Morgan fingerprint density at radius 1 is 1.57 bits per heavy atom. The fraction of sp³-hybridized carbons (Fsp3) is 0.400. The Labute approximate surface area is 97.5 Å². The molecule has 14 heavy (non-hydrogen) atoms. The molecule has 0 radical (unpaired) electrons. The normalized spacial score (nSPS) is 15.2. The maximum absolute atomic E-state index is 6.11. The van der Waals surface area contributed by atoms with Crippen LogP contribution in [0.25, 0.3) is 0 Å². The third-order valence-corrected chi connectivity index (χ3v) is 2.95. The Balaban J connectivity index is 3.17. The second kappa shape index (κ2) is 4.62. The third-order valence-electron chi connectivity index (χ3n) is 1.98. The Kier molecular flexibility index (Phi) is 3.95. The number of hydrogen-bond acceptors (Lipinski definition) is 2. The molecule has 2 N–H and O–H groups in total. The summed E-state index contributed by atoms with van der Waals surface area (Å²) in [6.45, 7) is 2.32. The predicted octanol–water partition coefficient (Wildman–Crippen LogP) is 2.92. The molecule has 0 aliphatic carbocycles. The number of benzene rings is 1. The first kappa shape index (κ1) is 12.0. The molecule has 1 aromatic carbocycles. The highest BCUT2D eigenvalue weighted by Gasteiger charge is 2.26. The predicted molar refractivity (Wildman–Crippen MR) is 62.6 cm³/mol. The van der Waals surface area contributed by atoms with Crippen molar-refractivity contribution in [3.05, 3.63) is 33.3 Å². The highest BCUT2D eigenvalue weighted by molar-refractivity contribution is 9.10. The van der Waals surface area contributed by atoms with Gasteiger partial charge >= 0.3 is 0 Å².